The van der Waals surface area contributed by atoms with Crippen LogP contribution in [0.1, 0.15) is 24.3 Å². The van der Waals surface area contributed by atoms with Gasteiger partial charge >= 0.3 is 6.18 Å². The second kappa shape index (κ2) is 4.56. The second-order valence-electron chi connectivity index (χ2n) is 5.33. The van der Waals surface area contributed by atoms with Crippen LogP contribution in [0.5, 0.6) is 0 Å². The Morgan fingerprint density at radius 2 is 2.00 bits per heavy atom. The van der Waals surface area contributed by atoms with E-state index in [1.165, 1.54) is 0 Å². The predicted octanol–water partition coefficient (Wildman–Crippen LogP) is 2.26. The highest BCUT2D eigenvalue weighted by Gasteiger charge is 2.63. The molecule has 1 aliphatic carbocycles. The molecule has 3 atom stereocenters. The van der Waals surface area contributed by atoms with Crippen molar-refractivity contribution in [3.8, 4) is 0 Å². The Morgan fingerprint density at radius 3 is 2.62 bits per heavy atom. The van der Waals surface area contributed by atoms with Crippen molar-refractivity contribution in [2.24, 2.45) is 11.0 Å². The van der Waals surface area contributed by atoms with Gasteiger partial charge in [-0.05, 0) is 17.9 Å². The Bertz CT molecular complexity index is 588. The van der Waals surface area contributed by atoms with Crippen LogP contribution in [-0.4, -0.2) is 34.1 Å². The number of nitrogens with zero attached hydrogens (tertiary/aromatic N) is 2. The SMILES string of the molecule is O=C([C@@H]1C[C@H]1c1ccccc1)N1N=CC[C@]1(O)C(F)(F)F. The molecular weight excluding hydrogens is 285 g/mol. The number of benzene rings is 1. The summed E-state index contributed by atoms with van der Waals surface area (Å²) in [5.41, 5.74) is -2.30. The van der Waals surface area contributed by atoms with Gasteiger partial charge in [0.25, 0.3) is 5.72 Å². The number of halogens is 3. The third-order valence-corrected chi connectivity index (χ3v) is 3.92. The summed E-state index contributed by atoms with van der Waals surface area (Å²) in [6, 6.07) is 9.13. The molecule has 3 rings (SSSR count). The lowest BCUT2D eigenvalue weighted by Gasteiger charge is -2.32. The van der Waals surface area contributed by atoms with E-state index in [1.807, 2.05) is 30.3 Å². The molecule has 1 heterocycles. The standard InChI is InChI=1S/C14H13F3N2O2/c15-14(16,17)13(21)6-7-18-19(13)12(20)11-8-10(11)9-4-2-1-3-5-9/h1-5,7,10-11,21H,6,8H2/t10-,11+,13-/m0/s1. The van der Waals surface area contributed by atoms with Gasteiger partial charge in [0, 0.05) is 18.6 Å². The van der Waals surface area contributed by atoms with Crippen molar-refractivity contribution in [3.63, 3.8) is 0 Å². The summed E-state index contributed by atoms with van der Waals surface area (Å²) in [5.74, 6) is -1.44. The highest BCUT2D eigenvalue weighted by molar-refractivity contribution is 5.85. The highest BCUT2D eigenvalue weighted by atomic mass is 19.4. The maximum atomic E-state index is 12.9. The molecule has 1 aromatic rings. The highest BCUT2D eigenvalue weighted by Crippen LogP contribution is 2.50. The molecule has 7 heteroatoms. The van der Waals surface area contributed by atoms with E-state index in [9.17, 15) is 23.1 Å². The Balaban J connectivity index is 1.77. The number of hydrogen-bond donors (Lipinski definition) is 1. The molecule has 4 nitrogen and oxygen atoms in total. The van der Waals surface area contributed by atoms with E-state index in [-0.39, 0.29) is 10.9 Å². The molecule has 0 saturated heterocycles. The lowest BCUT2D eigenvalue weighted by molar-refractivity contribution is -0.302. The maximum Gasteiger partial charge on any atom is 0.438 e. The zero-order valence-corrected chi connectivity index (χ0v) is 10.9. The monoisotopic (exact) mass is 298 g/mol. The number of carbonyl (C=O) groups is 1. The average molecular weight is 298 g/mol. The summed E-state index contributed by atoms with van der Waals surface area (Å²) in [4.78, 5) is 12.2. The van der Waals surface area contributed by atoms with Crippen molar-refractivity contribution in [3.05, 3.63) is 35.9 Å². The molecule has 0 unspecified atom stereocenters. The molecule has 2 aliphatic rings. The summed E-state index contributed by atoms with van der Waals surface area (Å²) in [6.07, 6.45) is -4.27. The molecule has 112 valence electrons. The van der Waals surface area contributed by atoms with Crippen molar-refractivity contribution in [1.29, 1.82) is 0 Å². The van der Waals surface area contributed by atoms with Gasteiger partial charge in [0.15, 0.2) is 0 Å². The zero-order valence-electron chi connectivity index (χ0n) is 10.9. The van der Waals surface area contributed by atoms with E-state index in [4.69, 9.17) is 0 Å². The Labute approximate surface area is 118 Å². The first kappa shape index (κ1) is 14.1. The largest absolute Gasteiger partial charge is 0.438 e. The molecular formula is C14H13F3N2O2. The van der Waals surface area contributed by atoms with E-state index < -0.39 is 30.1 Å². The molecule has 0 aromatic heterocycles. The summed E-state index contributed by atoms with van der Waals surface area (Å²) < 4.78 is 38.8. The first-order valence-electron chi connectivity index (χ1n) is 6.55. The molecule has 21 heavy (non-hydrogen) atoms. The molecule has 1 saturated carbocycles. The Hall–Kier alpha value is -1.89. The van der Waals surface area contributed by atoms with Gasteiger partial charge in [-0.2, -0.15) is 23.3 Å². The van der Waals surface area contributed by atoms with Crippen LogP contribution >= 0.6 is 0 Å². The van der Waals surface area contributed by atoms with Gasteiger partial charge in [0.2, 0.25) is 5.91 Å². The van der Waals surface area contributed by atoms with Gasteiger partial charge < -0.3 is 5.11 Å². The summed E-state index contributed by atoms with van der Waals surface area (Å²) in [7, 11) is 0. The van der Waals surface area contributed by atoms with Crippen LogP contribution in [0.25, 0.3) is 0 Å². The minimum atomic E-state index is -4.93. The molecule has 1 aromatic carbocycles. The van der Waals surface area contributed by atoms with Crippen molar-refractivity contribution in [1.82, 2.24) is 5.01 Å². The van der Waals surface area contributed by atoms with Crippen molar-refractivity contribution in [2.75, 3.05) is 0 Å². The number of rotatable bonds is 2. The minimum Gasteiger partial charge on any atom is -0.362 e. The zero-order chi connectivity index (χ0) is 15.3. The number of hydrazone groups is 1. The van der Waals surface area contributed by atoms with E-state index in [1.54, 1.807) is 0 Å². The molecule has 0 radical (unpaired) electrons. The number of hydrogen-bond acceptors (Lipinski definition) is 3. The Kier molecular flexibility index (Phi) is 3.05. The number of amides is 1. The number of aliphatic hydroxyl groups is 1. The number of carbonyl (C=O) groups excluding carboxylic acids is 1. The fraction of sp³-hybridized carbons (Fsp3) is 0.429. The normalized spacial score (nSPS) is 31.5. The lowest BCUT2D eigenvalue weighted by atomic mass is 10.1. The van der Waals surface area contributed by atoms with Gasteiger partial charge in [-0.3, -0.25) is 4.79 Å². The first-order valence-corrected chi connectivity index (χ1v) is 6.55. The van der Waals surface area contributed by atoms with E-state index in [0.717, 1.165) is 11.8 Å². The van der Waals surface area contributed by atoms with Crippen LogP contribution in [0.2, 0.25) is 0 Å². The van der Waals surface area contributed by atoms with Crippen LogP contribution < -0.4 is 0 Å². The topological polar surface area (TPSA) is 52.9 Å². The van der Waals surface area contributed by atoms with Crippen LogP contribution in [0.15, 0.2) is 35.4 Å². The van der Waals surface area contributed by atoms with Gasteiger partial charge in [-0.1, -0.05) is 30.3 Å². The molecule has 1 amide bonds. The Morgan fingerprint density at radius 1 is 1.33 bits per heavy atom. The molecule has 1 N–H and O–H groups in total. The van der Waals surface area contributed by atoms with Crippen molar-refractivity contribution < 1.29 is 23.1 Å². The van der Waals surface area contributed by atoms with Crippen molar-refractivity contribution in [2.45, 2.75) is 30.7 Å². The van der Waals surface area contributed by atoms with E-state index >= 15 is 0 Å². The molecule has 0 bridgehead atoms. The fourth-order valence-corrected chi connectivity index (χ4v) is 2.60. The molecule has 1 aliphatic heterocycles. The van der Waals surface area contributed by atoms with Crippen LogP contribution in [-0.2, 0) is 4.79 Å². The van der Waals surface area contributed by atoms with Crippen molar-refractivity contribution >= 4 is 12.1 Å². The molecule has 1 fully saturated rings. The summed E-state index contributed by atoms with van der Waals surface area (Å²) >= 11 is 0. The van der Waals surface area contributed by atoms with Crippen LogP contribution in [0.4, 0.5) is 13.2 Å². The second-order valence-corrected chi connectivity index (χ2v) is 5.33. The smallest absolute Gasteiger partial charge is 0.362 e. The third-order valence-electron chi connectivity index (χ3n) is 3.92. The average Bonchev–Trinajstić information content (AvgIpc) is 3.14. The van der Waals surface area contributed by atoms with E-state index in [2.05, 4.69) is 5.10 Å². The third kappa shape index (κ3) is 2.21. The first-order chi connectivity index (χ1) is 9.84. The van der Waals surface area contributed by atoms with Gasteiger partial charge in [0.1, 0.15) is 0 Å². The lowest BCUT2D eigenvalue weighted by Crippen LogP contribution is -2.56. The fourth-order valence-electron chi connectivity index (χ4n) is 2.60. The summed E-state index contributed by atoms with van der Waals surface area (Å²) in [6.45, 7) is 0. The maximum absolute atomic E-state index is 12.9. The minimum absolute atomic E-state index is 0.105. The van der Waals surface area contributed by atoms with Gasteiger partial charge in [-0.15, -0.1) is 0 Å². The number of alkyl halides is 3. The van der Waals surface area contributed by atoms with Crippen LogP contribution in [0.3, 0.4) is 0 Å². The predicted molar refractivity (Wildman–Crippen MR) is 68.2 cm³/mol. The van der Waals surface area contributed by atoms with Gasteiger partial charge in [-0.25, -0.2) is 0 Å². The molecule has 0 spiro atoms. The summed E-state index contributed by atoms with van der Waals surface area (Å²) in [5, 5.41) is 13.4. The van der Waals surface area contributed by atoms with Crippen LogP contribution in [0, 0.1) is 5.92 Å². The quantitative estimate of drug-likeness (QED) is 0.910. The van der Waals surface area contributed by atoms with Gasteiger partial charge in [0.05, 0.1) is 0 Å². The van der Waals surface area contributed by atoms with E-state index in [0.29, 0.717) is 6.42 Å².